The first kappa shape index (κ1) is 9.12. The van der Waals surface area contributed by atoms with E-state index in [9.17, 15) is 0 Å². The SMILES string of the molecule is Cc1cc2c(C)cccc2[c]([Tl])n1. The molecule has 0 radical (unpaired) electrons. The molecule has 13 heavy (non-hydrogen) atoms. The van der Waals surface area contributed by atoms with E-state index in [0.717, 1.165) is 31.5 Å². The van der Waals surface area contributed by atoms with Gasteiger partial charge in [0.05, 0.1) is 0 Å². The van der Waals surface area contributed by atoms with E-state index in [1.807, 2.05) is 0 Å². The van der Waals surface area contributed by atoms with Crippen molar-refractivity contribution in [2.75, 3.05) is 0 Å². The Hall–Kier alpha value is -0.448. The number of benzene rings is 1. The molecule has 1 heterocycles. The van der Waals surface area contributed by atoms with E-state index in [1.54, 1.807) is 0 Å². The van der Waals surface area contributed by atoms with E-state index >= 15 is 0 Å². The first-order chi connectivity index (χ1) is 6.18. The molecule has 0 N–H and O–H groups in total. The first-order valence-corrected chi connectivity index (χ1v) is 6.55. The number of aromatic nitrogens is 1. The second-order valence-corrected chi connectivity index (χ2v) is 5.44. The zero-order valence-electron chi connectivity index (χ0n) is 7.83. The van der Waals surface area contributed by atoms with Crippen molar-refractivity contribution in [3.05, 3.63) is 35.5 Å². The van der Waals surface area contributed by atoms with Crippen LogP contribution in [-0.2, 0) is 0 Å². The molecule has 0 aliphatic heterocycles. The summed E-state index contributed by atoms with van der Waals surface area (Å²) >= 11 is 0.814. The van der Waals surface area contributed by atoms with Crippen LogP contribution >= 0.6 is 0 Å². The maximum atomic E-state index is 4.52. The summed E-state index contributed by atoms with van der Waals surface area (Å²) in [5, 5.41) is 2.71. The summed E-state index contributed by atoms with van der Waals surface area (Å²) < 4.78 is 1.29. The Labute approximate surface area is 93.9 Å². The Morgan fingerprint density at radius 3 is 2.69 bits per heavy atom. The first-order valence-electron chi connectivity index (χ1n) is 4.31. The van der Waals surface area contributed by atoms with Crippen LogP contribution < -0.4 is 3.25 Å². The van der Waals surface area contributed by atoms with Gasteiger partial charge in [0.1, 0.15) is 0 Å². The van der Waals surface area contributed by atoms with Gasteiger partial charge in [-0.1, -0.05) is 0 Å². The van der Waals surface area contributed by atoms with Crippen LogP contribution in [0.3, 0.4) is 0 Å². The molecule has 0 unspecified atom stereocenters. The number of rotatable bonds is 0. The summed E-state index contributed by atoms with van der Waals surface area (Å²) in [6, 6.07) is 8.62. The van der Waals surface area contributed by atoms with Crippen molar-refractivity contribution in [3.63, 3.8) is 0 Å². The van der Waals surface area contributed by atoms with Gasteiger partial charge in [-0.3, -0.25) is 0 Å². The summed E-state index contributed by atoms with van der Waals surface area (Å²) in [5.74, 6) is 0. The summed E-state index contributed by atoms with van der Waals surface area (Å²) in [6.07, 6.45) is 0. The molecule has 0 aliphatic rings. The molecule has 0 bridgehead atoms. The van der Waals surface area contributed by atoms with Crippen molar-refractivity contribution in [3.8, 4) is 0 Å². The number of fused-ring (bicyclic) bond motifs is 1. The quantitative estimate of drug-likeness (QED) is 0.651. The van der Waals surface area contributed by atoms with Crippen LogP contribution in [0, 0.1) is 13.8 Å². The van der Waals surface area contributed by atoms with Gasteiger partial charge in [0.15, 0.2) is 0 Å². The van der Waals surface area contributed by atoms with E-state index in [-0.39, 0.29) is 0 Å². The average Bonchev–Trinajstić information content (AvgIpc) is 2.07. The van der Waals surface area contributed by atoms with Gasteiger partial charge in [-0.2, -0.15) is 0 Å². The maximum absolute atomic E-state index is 4.52. The van der Waals surface area contributed by atoms with Gasteiger partial charge in [0.25, 0.3) is 0 Å². The Kier molecular flexibility index (Phi) is 2.36. The zero-order valence-corrected chi connectivity index (χ0v) is 12.3. The van der Waals surface area contributed by atoms with Gasteiger partial charge in [-0.05, 0) is 0 Å². The molecule has 0 fully saturated rings. The molecule has 0 saturated heterocycles. The van der Waals surface area contributed by atoms with Crippen molar-refractivity contribution < 1.29 is 0 Å². The van der Waals surface area contributed by atoms with Crippen molar-refractivity contribution in [1.82, 2.24) is 4.98 Å². The van der Waals surface area contributed by atoms with Crippen LogP contribution in [0.2, 0.25) is 0 Å². The van der Waals surface area contributed by atoms with E-state index in [1.165, 1.54) is 19.6 Å². The monoisotopic (exact) mass is 361 g/mol. The van der Waals surface area contributed by atoms with Gasteiger partial charge < -0.3 is 0 Å². The predicted octanol–water partition coefficient (Wildman–Crippen LogP) is 1.65. The van der Waals surface area contributed by atoms with Crippen molar-refractivity contribution in [2.45, 2.75) is 13.8 Å². The molecule has 1 nitrogen and oxygen atoms in total. The van der Waals surface area contributed by atoms with Crippen molar-refractivity contribution >= 4 is 39.8 Å². The summed E-state index contributed by atoms with van der Waals surface area (Å²) in [4.78, 5) is 4.52. The number of hydrogen-bond acceptors (Lipinski definition) is 1. The molecule has 0 aliphatic carbocycles. The second kappa shape index (κ2) is 3.36. The van der Waals surface area contributed by atoms with E-state index in [0.29, 0.717) is 0 Å². The fourth-order valence-corrected chi connectivity index (χ4v) is 3.36. The molecule has 2 rings (SSSR count). The van der Waals surface area contributed by atoms with Crippen molar-refractivity contribution in [2.24, 2.45) is 0 Å². The normalized spacial score (nSPS) is 10.5. The third kappa shape index (κ3) is 1.61. The predicted molar refractivity (Wildman–Crippen MR) is 56.6 cm³/mol. The molecular formula is C11H10NTl. The van der Waals surface area contributed by atoms with E-state index < -0.39 is 0 Å². The minimum absolute atomic E-state index is 0.814. The van der Waals surface area contributed by atoms with Crippen LogP contribution in [0.25, 0.3) is 10.8 Å². The molecule has 0 saturated carbocycles. The zero-order chi connectivity index (χ0) is 9.42. The second-order valence-electron chi connectivity index (χ2n) is 3.32. The topological polar surface area (TPSA) is 12.9 Å². The fraction of sp³-hybridized carbons (Fsp3) is 0.182. The Morgan fingerprint density at radius 2 is 1.92 bits per heavy atom. The number of pyridine rings is 1. The molecular weight excluding hydrogens is 351 g/mol. The molecule has 1 aromatic carbocycles. The molecule has 2 aromatic rings. The number of nitrogens with zero attached hydrogens (tertiary/aromatic N) is 1. The summed E-state index contributed by atoms with van der Waals surface area (Å²) in [5.41, 5.74) is 2.49. The van der Waals surface area contributed by atoms with E-state index in [2.05, 4.69) is 43.1 Å². The molecule has 0 atom stereocenters. The molecule has 1 aromatic heterocycles. The molecule has 0 amide bonds. The number of hydrogen-bond donors (Lipinski definition) is 0. The Morgan fingerprint density at radius 1 is 1.15 bits per heavy atom. The Bertz CT molecular complexity index is 463. The van der Waals surface area contributed by atoms with Gasteiger partial charge in [0.2, 0.25) is 0 Å². The molecule has 62 valence electrons. The fourth-order valence-electron chi connectivity index (χ4n) is 1.59. The molecule has 2 heteroatoms. The van der Waals surface area contributed by atoms with Crippen molar-refractivity contribution in [1.29, 1.82) is 0 Å². The van der Waals surface area contributed by atoms with Crippen LogP contribution in [0.5, 0.6) is 0 Å². The average molecular weight is 361 g/mol. The van der Waals surface area contributed by atoms with Gasteiger partial charge in [-0.15, -0.1) is 0 Å². The number of aryl methyl sites for hydroxylation is 2. The van der Waals surface area contributed by atoms with Gasteiger partial charge >= 0.3 is 94.1 Å². The summed E-state index contributed by atoms with van der Waals surface area (Å²) in [7, 11) is 0. The van der Waals surface area contributed by atoms with E-state index in [4.69, 9.17) is 0 Å². The van der Waals surface area contributed by atoms with Crippen LogP contribution in [0.15, 0.2) is 24.3 Å². The third-order valence-electron chi connectivity index (χ3n) is 2.25. The van der Waals surface area contributed by atoms with Crippen LogP contribution in [0.1, 0.15) is 11.3 Å². The van der Waals surface area contributed by atoms with Gasteiger partial charge in [0, 0.05) is 0 Å². The standard InChI is InChI=1S/C11H10N.Tl/c1-8-4-3-5-10-7-12-9(2)6-11(8)10;/h3-6H,1-2H3;. The third-order valence-corrected chi connectivity index (χ3v) is 3.96. The van der Waals surface area contributed by atoms with Gasteiger partial charge in [-0.25, -0.2) is 0 Å². The molecule has 0 spiro atoms. The minimum atomic E-state index is 0.814. The Balaban J connectivity index is 2.94. The van der Waals surface area contributed by atoms with Crippen LogP contribution in [-0.4, -0.2) is 30.8 Å². The summed E-state index contributed by atoms with van der Waals surface area (Å²) in [6.45, 7) is 4.23. The van der Waals surface area contributed by atoms with Crippen LogP contribution in [0.4, 0.5) is 0 Å².